The van der Waals surface area contributed by atoms with Gasteiger partial charge in [-0.15, -0.1) is 11.3 Å². The van der Waals surface area contributed by atoms with Crippen LogP contribution in [0.5, 0.6) is 0 Å². The number of nitrogens with one attached hydrogen (secondary N) is 1. The van der Waals surface area contributed by atoms with Crippen molar-refractivity contribution in [3.05, 3.63) is 69.4 Å². The zero-order chi connectivity index (χ0) is 19.9. The molecule has 1 heterocycles. The third-order valence-corrected chi connectivity index (χ3v) is 4.58. The Morgan fingerprint density at radius 3 is 2.15 bits per heavy atom. The topological polar surface area (TPSA) is 42.0 Å². The third-order valence-electron chi connectivity index (χ3n) is 3.82. The Balaban J connectivity index is 1.92. The highest BCUT2D eigenvalue weighted by molar-refractivity contribution is 7.14. The number of carbonyl (C=O) groups excluding carboxylic acids is 1. The molecule has 0 aliphatic heterocycles. The maximum Gasteiger partial charge on any atom is 0.263 e. The van der Waals surface area contributed by atoms with Crippen LogP contribution in [0.25, 0.3) is 11.3 Å². The first-order valence-corrected chi connectivity index (χ1v) is 8.44. The number of hydrogen-bond donors (Lipinski definition) is 1. The van der Waals surface area contributed by atoms with Crippen molar-refractivity contribution in [2.75, 3.05) is 5.32 Å². The van der Waals surface area contributed by atoms with Crippen molar-refractivity contribution in [1.29, 1.82) is 0 Å². The van der Waals surface area contributed by atoms with E-state index in [1.807, 2.05) is 32.0 Å². The number of benzene rings is 2. The van der Waals surface area contributed by atoms with E-state index in [2.05, 4.69) is 10.3 Å². The highest BCUT2D eigenvalue weighted by Gasteiger charge is 2.30. The van der Waals surface area contributed by atoms with Crippen molar-refractivity contribution in [2.24, 2.45) is 0 Å². The van der Waals surface area contributed by atoms with Crippen molar-refractivity contribution in [1.82, 2.24) is 4.98 Å². The Morgan fingerprint density at radius 1 is 0.963 bits per heavy atom. The van der Waals surface area contributed by atoms with Crippen molar-refractivity contribution < 1.29 is 26.7 Å². The SMILES string of the molecule is Cc1ccc(-c2csc(NC(=O)c3c(F)c(F)c(F)c(F)c3F)n2)c(C)c1. The van der Waals surface area contributed by atoms with Gasteiger partial charge in [-0.1, -0.05) is 23.8 Å². The molecule has 2 aromatic carbocycles. The first-order valence-electron chi connectivity index (χ1n) is 7.56. The molecule has 0 aliphatic rings. The second-order valence-electron chi connectivity index (χ2n) is 5.76. The summed E-state index contributed by atoms with van der Waals surface area (Å²) in [5.41, 5.74) is 1.71. The molecule has 9 heteroatoms. The molecule has 3 aromatic rings. The number of nitrogens with zero attached hydrogens (tertiary/aromatic N) is 1. The number of halogens is 5. The summed E-state index contributed by atoms with van der Waals surface area (Å²) < 4.78 is 67.0. The van der Waals surface area contributed by atoms with E-state index in [9.17, 15) is 26.7 Å². The molecule has 3 nitrogen and oxygen atoms in total. The van der Waals surface area contributed by atoms with E-state index in [1.54, 1.807) is 5.38 Å². The summed E-state index contributed by atoms with van der Waals surface area (Å²) in [6, 6.07) is 5.63. The number of rotatable bonds is 3. The predicted molar refractivity (Wildman–Crippen MR) is 91.2 cm³/mol. The number of hydrogen-bond acceptors (Lipinski definition) is 3. The Morgan fingerprint density at radius 2 is 1.56 bits per heavy atom. The van der Waals surface area contributed by atoms with Crippen molar-refractivity contribution in [2.45, 2.75) is 13.8 Å². The molecular formula is C18H11F5N2OS. The van der Waals surface area contributed by atoms with E-state index in [0.29, 0.717) is 5.69 Å². The van der Waals surface area contributed by atoms with Gasteiger partial charge in [0.05, 0.1) is 5.69 Å². The fourth-order valence-electron chi connectivity index (χ4n) is 2.52. The van der Waals surface area contributed by atoms with Gasteiger partial charge in [-0.05, 0) is 19.4 Å². The van der Waals surface area contributed by atoms with Crippen LogP contribution in [0.1, 0.15) is 21.5 Å². The zero-order valence-electron chi connectivity index (χ0n) is 14.0. The van der Waals surface area contributed by atoms with Gasteiger partial charge in [-0.2, -0.15) is 0 Å². The number of aryl methyl sites for hydroxylation is 2. The first kappa shape index (κ1) is 19.0. The molecule has 0 unspecified atom stereocenters. The quantitative estimate of drug-likeness (QED) is 0.366. The Hall–Kier alpha value is -2.81. The van der Waals surface area contributed by atoms with Crippen molar-refractivity contribution in [3.63, 3.8) is 0 Å². The number of anilines is 1. The highest BCUT2D eigenvalue weighted by atomic mass is 32.1. The number of amides is 1. The number of carbonyl (C=O) groups is 1. The predicted octanol–water partition coefficient (Wildman–Crippen LogP) is 5.37. The third kappa shape index (κ3) is 3.42. The lowest BCUT2D eigenvalue weighted by Gasteiger charge is -2.07. The van der Waals surface area contributed by atoms with E-state index in [1.165, 1.54) is 0 Å². The fourth-order valence-corrected chi connectivity index (χ4v) is 3.23. The molecule has 0 bridgehead atoms. The minimum Gasteiger partial charge on any atom is -0.298 e. The van der Waals surface area contributed by atoms with Gasteiger partial charge in [0.25, 0.3) is 5.91 Å². The lowest BCUT2D eigenvalue weighted by molar-refractivity contribution is 0.101. The van der Waals surface area contributed by atoms with E-state index in [4.69, 9.17) is 0 Å². The van der Waals surface area contributed by atoms with Crippen molar-refractivity contribution >= 4 is 22.4 Å². The number of aromatic nitrogens is 1. The van der Waals surface area contributed by atoms with Crippen LogP contribution in [0.4, 0.5) is 27.1 Å². The molecule has 1 amide bonds. The Labute approximate surface area is 154 Å². The highest BCUT2D eigenvalue weighted by Crippen LogP contribution is 2.29. The van der Waals surface area contributed by atoms with Crippen LogP contribution >= 0.6 is 11.3 Å². The Kier molecular flexibility index (Phi) is 4.97. The molecule has 0 atom stereocenters. The summed E-state index contributed by atoms with van der Waals surface area (Å²) in [6.07, 6.45) is 0. The van der Waals surface area contributed by atoms with Gasteiger partial charge in [0, 0.05) is 10.9 Å². The van der Waals surface area contributed by atoms with Crippen LogP contribution in [0.3, 0.4) is 0 Å². The normalized spacial score (nSPS) is 10.9. The van der Waals surface area contributed by atoms with E-state index in [0.717, 1.165) is 28.0 Å². The first-order chi connectivity index (χ1) is 12.7. The summed E-state index contributed by atoms with van der Waals surface area (Å²) in [5, 5.41) is 3.63. The number of thiazole rings is 1. The molecule has 3 rings (SSSR count). The van der Waals surface area contributed by atoms with Gasteiger partial charge in [0.2, 0.25) is 5.82 Å². The van der Waals surface area contributed by atoms with E-state index in [-0.39, 0.29) is 5.13 Å². The van der Waals surface area contributed by atoms with Gasteiger partial charge in [-0.3, -0.25) is 10.1 Å². The van der Waals surface area contributed by atoms with Gasteiger partial charge >= 0.3 is 0 Å². The zero-order valence-corrected chi connectivity index (χ0v) is 14.8. The molecular weight excluding hydrogens is 387 g/mol. The summed E-state index contributed by atoms with van der Waals surface area (Å²) >= 11 is 0.954. The molecule has 0 radical (unpaired) electrons. The fraction of sp³-hybridized carbons (Fsp3) is 0.111. The molecule has 140 valence electrons. The van der Waals surface area contributed by atoms with Crippen LogP contribution in [0.2, 0.25) is 0 Å². The summed E-state index contributed by atoms with van der Waals surface area (Å²) in [5.74, 6) is -12.6. The second kappa shape index (κ2) is 7.07. The standard InChI is InChI=1S/C18H11F5N2OS/c1-7-3-4-9(8(2)5-7)10-6-27-18(24-10)25-17(26)11-12(19)14(21)16(23)15(22)13(11)20/h3-6H,1-2H3,(H,24,25,26). The second-order valence-corrected chi connectivity index (χ2v) is 6.61. The molecule has 1 N–H and O–H groups in total. The van der Waals surface area contributed by atoms with Crippen LogP contribution in [0, 0.1) is 42.9 Å². The van der Waals surface area contributed by atoms with Gasteiger partial charge in [0.15, 0.2) is 28.4 Å². The molecule has 27 heavy (non-hydrogen) atoms. The molecule has 0 fully saturated rings. The average Bonchev–Trinajstić information content (AvgIpc) is 3.06. The van der Waals surface area contributed by atoms with Gasteiger partial charge < -0.3 is 0 Å². The van der Waals surface area contributed by atoms with Crippen LogP contribution < -0.4 is 5.32 Å². The van der Waals surface area contributed by atoms with E-state index < -0.39 is 40.6 Å². The van der Waals surface area contributed by atoms with Crippen LogP contribution in [-0.4, -0.2) is 10.9 Å². The summed E-state index contributed by atoms with van der Waals surface area (Å²) in [4.78, 5) is 16.2. The lowest BCUT2D eigenvalue weighted by atomic mass is 10.0. The average molecular weight is 398 g/mol. The summed E-state index contributed by atoms with van der Waals surface area (Å²) in [6.45, 7) is 3.79. The van der Waals surface area contributed by atoms with Gasteiger partial charge in [-0.25, -0.2) is 26.9 Å². The maximum absolute atomic E-state index is 13.7. The smallest absolute Gasteiger partial charge is 0.263 e. The minimum absolute atomic E-state index is 0.0427. The largest absolute Gasteiger partial charge is 0.298 e. The van der Waals surface area contributed by atoms with Crippen LogP contribution in [0.15, 0.2) is 23.6 Å². The molecule has 0 saturated heterocycles. The maximum atomic E-state index is 13.7. The van der Waals surface area contributed by atoms with Gasteiger partial charge in [0.1, 0.15) is 5.56 Å². The molecule has 0 aliphatic carbocycles. The van der Waals surface area contributed by atoms with E-state index >= 15 is 0 Å². The minimum atomic E-state index is -2.33. The Bertz CT molecular complexity index is 1040. The molecule has 0 saturated carbocycles. The molecule has 1 aromatic heterocycles. The monoisotopic (exact) mass is 398 g/mol. The molecule has 0 spiro atoms. The lowest BCUT2D eigenvalue weighted by Crippen LogP contribution is -2.19. The summed E-state index contributed by atoms with van der Waals surface area (Å²) in [7, 11) is 0. The van der Waals surface area contributed by atoms with Crippen molar-refractivity contribution in [3.8, 4) is 11.3 Å². The van der Waals surface area contributed by atoms with Crippen LogP contribution in [-0.2, 0) is 0 Å².